The van der Waals surface area contributed by atoms with Gasteiger partial charge in [0.1, 0.15) is 6.07 Å². The number of nitriles is 1. The maximum Gasteiger partial charge on any atom is 0.101 e. The predicted octanol–water partition coefficient (Wildman–Crippen LogP) is 3.01. The fourth-order valence-electron chi connectivity index (χ4n) is 1.76. The van der Waals surface area contributed by atoms with Crippen LogP contribution in [0.15, 0.2) is 18.2 Å². The minimum atomic E-state index is 0.552. The molecule has 0 aliphatic rings. The van der Waals surface area contributed by atoms with Crippen LogP contribution >= 0.6 is 0 Å². The van der Waals surface area contributed by atoms with Crippen LogP contribution in [0.25, 0.3) is 0 Å². The first kappa shape index (κ1) is 13.4. The van der Waals surface area contributed by atoms with Crippen molar-refractivity contribution in [3.63, 3.8) is 0 Å². The molecule has 92 valence electrons. The van der Waals surface area contributed by atoms with Gasteiger partial charge in [0.2, 0.25) is 0 Å². The Morgan fingerprint density at radius 2 is 2.12 bits per heavy atom. The van der Waals surface area contributed by atoms with Crippen LogP contribution in [-0.2, 0) is 0 Å². The Bertz CT molecular complexity index is 406. The monoisotopic (exact) mass is 231 g/mol. The van der Waals surface area contributed by atoms with E-state index in [1.54, 1.807) is 0 Å². The lowest BCUT2D eigenvalue weighted by atomic mass is 10.1. The minimum absolute atomic E-state index is 0.552. The number of benzene rings is 1. The molecular weight excluding hydrogens is 210 g/mol. The van der Waals surface area contributed by atoms with Crippen LogP contribution in [-0.4, -0.2) is 13.1 Å². The van der Waals surface area contributed by atoms with Crippen molar-refractivity contribution in [3.05, 3.63) is 23.8 Å². The summed E-state index contributed by atoms with van der Waals surface area (Å²) < 4.78 is 0. The molecule has 0 aromatic heterocycles. The molecule has 0 spiro atoms. The first-order valence-corrected chi connectivity index (χ1v) is 6.16. The second-order valence-electron chi connectivity index (χ2n) is 4.44. The summed E-state index contributed by atoms with van der Waals surface area (Å²) in [5, 5.41) is 8.98. The van der Waals surface area contributed by atoms with Gasteiger partial charge in [0.05, 0.1) is 5.56 Å². The predicted molar refractivity (Wildman–Crippen MR) is 72.9 cm³/mol. The zero-order valence-corrected chi connectivity index (χ0v) is 10.9. The third-order valence-corrected chi connectivity index (χ3v) is 3.13. The first-order valence-electron chi connectivity index (χ1n) is 6.16. The molecule has 1 aromatic rings. The van der Waals surface area contributed by atoms with Crippen molar-refractivity contribution in [2.75, 3.05) is 23.7 Å². The van der Waals surface area contributed by atoms with Gasteiger partial charge in [0.25, 0.3) is 0 Å². The molecule has 1 aromatic carbocycles. The molecule has 2 N–H and O–H groups in total. The molecule has 0 saturated carbocycles. The third kappa shape index (κ3) is 3.39. The van der Waals surface area contributed by atoms with Crippen LogP contribution in [0.3, 0.4) is 0 Å². The van der Waals surface area contributed by atoms with Gasteiger partial charge in [0, 0.05) is 24.5 Å². The lowest BCUT2D eigenvalue weighted by Crippen LogP contribution is -2.28. The molecule has 0 saturated heterocycles. The summed E-state index contributed by atoms with van der Waals surface area (Å²) in [6, 6.07) is 7.81. The fourth-order valence-corrected chi connectivity index (χ4v) is 1.76. The second-order valence-corrected chi connectivity index (χ2v) is 4.44. The summed E-state index contributed by atoms with van der Waals surface area (Å²) in [6.07, 6.45) is 1.16. The van der Waals surface area contributed by atoms with E-state index >= 15 is 0 Å². The van der Waals surface area contributed by atoms with Crippen LogP contribution < -0.4 is 10.6 Å². The third-order valence-electron chi connectivity index (χ3n) is 3.13. The average molecular weight is 231 g/mol. The van der Waals surface area contributed by atoms with Crippen molar-refractivity contribution in [2.45, 2.75) is 27.2 Å². The molecule has 0 bridgehead atoms. The van der Waals surface area contributed by atoms with Gasteiger partial charge >= 0.3 is 0 Å². The number of hydrogen-bond acceptors (Lipinski definition) is 3. The molecule has 0 amide bonds. The number of anilines is 2. The Balaban J connectivity index is 2.93. The first-order chi connectivity index (χ1) is 8.12. The van der Waals surface area contributed by atoms with Gasteiger partial charge in [-0.05, 0) is 31.0 Å². The van der Waals surface area contributed by atoms with Gasteiger partial charge in [-0.2, -0.15) is 5.26 Å². The summed E-state index contributed by atoms with van der Waals surface area (Å²) >= 11 is 0. The van der Waals surface area contributed by atoms with Gasteiger partial charge in [-0.25, -0.2) is 0 Å². The summed E-state index contributed by atoms with van der Waals surface area (Å²) in [7, 11) is 0. The highest BCUT2D eigenvalue weighted by Crippen LogP contribution is 2.21. The molecule has 0 fully saturated rings. The lowest BCUT2D eigenvalue weighted by molar-refractivity contribution is 0.548. The van der Waals surface area contributed by atoms with Crippen molar-refractivity contribution >= 4 is 11.4 Å². The Kier molecular flexibility index (Phi) is 4.84. The van der Waals surface area contributed by atoms with Crippen LogP contribution in [0.5, 0.6) is 0 Å². The largest absolute Gasteiger partial charge is 0.398 e. The minimum Gasteiger partial charge on any atom is -0.398 e. The highest BCUT2D eigenvalue weighted by molar-refractivity contribution is 5.62. The quantitative estimate of drug-likeness (QED) is 0.792. The average Bonchev–Trinajstić information content (AvgIpc) is 2.36. The summed E-state index contributed by atoms with van der Waals surface area (Å²) in [4.78, 5) is 2.29. The molecular formula is C14H21N3. The maximum atomic E-state index is 8.98. The van der Waals surface area contributed by atoms with E-state index in [2.05, 4.69) is 31.7 Å². The second kappa shape index (κ2) is 6.15. The van der Waals surface area contributed by atoms with Crippen molar-refractivity contribution in [2.24, 2.45) is 5.92 Å². The van der Waals surface area contributed by atoms with Gasteiger partial charge in [-0.3, -0.25) is 0 Å². The standard InChI is InChI=1S/C14H21N3/c1-4-11(3)10-17(5-2)13-6-7-14(16)12(8-13)9-15/h6-8,11H,4-5,10,16H2,1-3H3. The summed E-state index contributed by atoms with van der Waals surface area (Å²) in [6.45, 7) is 8.53. The Hall–Kier alpha value is -1.69. The van der Waals surface area contributed by atoms with E-state index in [4.69, 9.17) is 11.0 Å². The van der Waals surface area contributed by atoms with Gasteiger partial charge in [-0.1, -0.05) is 20.3 Å². The molecule has 3 heteroatoms. The number of nitrogens with two attached hydrogens (primary N) is 1. The van der Waals surface area contributed by atoms with E-state index in [-0.39, 0.29) is 0 Å². The fraction of sp³-hybridized carbons (Fsp3) is 0.500. The maximum absolute atomic E-state index is 8.98. The van der Waals surface area contributed by atoms with Gasteiger partial charge in [-0.15, -0.1) is 0 Å². The van der Waals surface area contributed by atoms with Crippen LogP contribution in [0.4, 0.5) is 11.4 Å². The number of hydrogen-bond donors (Lipinski definition) is 1. The van der Waals surface area contributed by atoms with E-state index in [1.165, 1.54) is 0 Å². The van der Waals surface area contributed by atoms with Crippen LogP contribution in [0.1, 0.15) is 32.8 Å². The van der Waals surface area contributed by atoms with Crippen LogP contribution in [0, 0.1) is 17.2 Å². The van der Waals surface area contributed by atoms with Crippen molar-refractivity contribution in [3.8, 4) is 6.07 Å². The molecule has 1 unspecified atom stereocenters. The van der Waals surface area contributed by atoms with Crippen molar-refractivity contribution in [1.29, 1.82) is 5.26 Å². The number of nitrogens with zero attached hydrogens (tertiary/aromatic N) is 2. The zero-order valence-electron chi connectivity index (χ0n) is 10.9. The number of rotatable bonds is 5. The molecule has 0 aliphatic heterocycles. The molecule has 1 rings (SSSR count). The lowest BCUT2D eigenvalue weighted by Gasteiger charge is -2.26. The van der Waals surface area contributed by atoms with E-state index in [1.807, 2.05) is 18.2 Å². The Labute approximate surface area is 104 Å². The molecule has 0 aliphatic carbocycles. The topological polar surface area (TPSA) is 53.0 Å². The van der Waals surface area contributed by atoms with E-state index in [0.29, 0.717) is 17.2 Å². The Morgan fingerprint density at radius 1 is 1.41 bits per heavy atom. The molecule has 3 nitrogen and oxygen atoms in total. The molecule has 0 radical (unpaired) electrons. The number of nitrogen functional groups attached to an aromatic ring is 1. The SMILES string of the molecule is CCC(C)CN(CC)c1ccc(N)c(C#N)c1. The molecule has 1 atom stereocenters. The van der Waals surface area contributed by atoms with Crippen molar-refractivity contribution < 1.29 is 0 Å². The highest BCUT2D eigenvalue weighted by Gasteiger charge is 2.10. The van der Waals surface area contributed by atoms with Gasteiger partial charge < -0.3 is 10.6 Å². The van der Waals surface area contributed by atoms with E-state index in [0.717, 1.165) is 25.2 Å². The van der Waals surface area contributed by atoms with E-state index in [9.17, 15) is 0 Å². The molecule has 0 heterocycles. The summed E-state index contributed by atoms with van der Waals surface area (Å²) in [5.41, 5.74) is 7.92. The van der Waals surface area contributed by atoms with Crippen molar-refractivity contribution in [1.82, 2.24) is 0 Å². The molecule has 17 heavy (non-hydrogen) atoms. The normalized spacial score (nSPS) is 11.9. The highest BCUT2D eigenvalue weighted by atomic mass is 15.1. The van der Waals surface area contributed by atoms with Crippen LogP contribution in [0.2, 0.25) is 0 Å². The smallest absolute Gasteiger partial charge is 0.101 e. The van der Waals surface area contributed by atoms with Gasteiger partial charge in [0.15, 0.2) is 0 Å². The summed E-state index contributed by atoms with van der Waals surface area (Å²) in [5.74, 6) is 0.651. The Morgan fingerprint density at radius 3 is 2.65 bits per heavy atom. The van der Waals surface area contributed by atoms with E-state index < -0.39 is 0 Å². The zero-order chi connectivity index (χ0) is 12.8.